The van der Waals surface area contributed by atoms with Gasteiger partial charge in [-0.25, -0.2) is 0 Å². The lowest BCUT2D eigenvalue weighted by atomic mass is 10.00. The lowest BCUT2D eigenvalue weighted by Crippen LogP contribution is -2.43. The molecule has 0 radical (unpaired) electrons. The molecule has 3 rings (SSSR count). The van der Waals surface area contributed by atoms with Gasteiger partial charge in [-0.1, -0.05) is 36.4 Å². The average molecular weight is 668 g/mol. The van der Waals surface area contributed by atoms with Gasteiger partial charge in [0, 0.05) is 60.1 Å². The highest BCUT2D eigenvalue weighted by Gasteiger charge is 2.43. The van der Waals surface area contributed by atoms with Gasteiger partial charge >= 0.3 is 12.1 Å². The highest BCUT2D eigenvalue weighted by molar-refractivity contribution is 9.12. The molecular formula is C31H38BrF3N4O2S. The number of rotatable bonds is 10. The van der Waals surface area contributed by atoms with E-state index < -0.39 is 12.1 Å². The maximum Gasteiger partial charge on any atom is 0.471 e. The van der Waals surface area contributed by atoms with E-state index in [0.29, 0.717) is 12.0 Å². The summed E-state index contributed by atoms with van der Waals surface area (Å²) in [5.41, 5.74) is 5.33. The van der Waals surface area contributed by atoms with Crippen molar-refractivity contribution in [3.05, 3.63) is 87.6 Å². The summed E-state index contributed by atoms with van der Waals surface area (Å²) in [5, 5.41) is 13.2. The molecule has 11 heteroatoms. The standard InChI is InChI=1S/C25H28F3N3O2S.C6H10BrN/c1-17(22-6-3-4-7-23(22)32)14-18(2)29-11-5-12-30-34-21-9-8-19-10-13-31(16-20(19)15-21)24(33)25(26,27)28;1-5(2)6(7)4-8-3/h3-4,6-9,14-15,29-30,32H,1,5,10-13,16H2,2H3;4H,1-3H3/b18-14+;. The smallest absolute Gasteiger partial charge is 0.471 e. The summed E-state index contributed by atoms with van der Waals surface area (Å²) in [6, 6.07) is 12.8. The van der Waals surface area contributed by atoms with E-state index in [1.807, 2.05) is 57.2 Å². The number of hydrogen-bond donors (Lipinski definition) is 3. The SMILES string of the molecule is C=C(/C=C(\C)NCCCNSc1ccc2c(c1)CN(C(=O)C(F)(F)F)CC2)c1ccccc1O.CN=CC(Br)=C(C)C. The molecular weight excluding hydrogens is 629 g/mol. The number of benzene rings is 2. The van der Waals surface area contributed by atoms with Crippen LogP contribution in [0.2, 0.25) is 0 Å². The van der Waals surface area contributed by atoms with Crippen molar-refractivity contribution < 1.29 is 23.1 Å². The van der Waals surface area contributed by atoms with Crippen molar-refractivity contribution in [1.82, 2.24) is 14.9 Å². The third kappa shape index (κ3) is 11.7. The van der Waals surface area contributed by atoms with Crippen molar-refractivity contribution in [2.24, 2.45) is 4.99 Å². The summed E-state index contributed by atoms with van der Waals surface area (Å²) in [6.45, 7) is 11.5. The van der Waals surface area contributed by atoms with Crippen LogP contribution in [0, 0.1) is 0 Å². The van der Waals surface area contributed by atoms with Gasteiger partial charge in [0.2, 0.25) is 0 Å². The monoisotopic (exact) mass is 666 g/mol. The molecule has 1 aliphatic rings. The van der Waals surface area contributed by atoms with Gasteiger partial charge in [-0.3, -0.25) is 14.5 Å². The summed E-state index contributed by atoms with van der Waals surface area (Å²) >= 11 is 4.75. The number of halogens is 4. The van der Waals surface area contributed by atoms with Crippen LogP contribution in [-0.2, 0) is 17.8 Å². The minimum atomic E-state index is -4.84. The molecule has 1 amide bonds. The Morgan fingerprint density at radius 1 is 1.17 bits per heavy atom. The second kappa shape index (κ2) is 17.2. The largest absolute Gasteiger partial charge is 0.507 e. The van der Waals surface area contributed by atoms with Crippen molar-refractivity contribution in [2.75, 3.05) is 26.7 Å². The Morgan fingerprint density at radius 2 is 1.88 bits per heavy atom. The van der Waals surface area contributed by atoms with E-state index in [9.17, 15) is 23.1 Å². The van der Waals surface area contributed by atoms with Crippen LogP contribution in [0.3, 0.4) is 0 Å². The van der Waals surface area contributed by atoms with Crippen LogP contribution in [0.4, 0.5) is 13.2 Å². The second-order valence-electron chi connectivity index (χ2n) is 9.79. The molecule has 1 aliphatic heterocycles. The highest BCUT2D eigenvalue weighted by Crippen LogP contribution is 2.28. The van der Waals surface area contributed by atoms with Crippen LogP contribution >= 0.6 is 27.9 Å². The van der Waals surface area contributed by atoms with Crippen LogP contribution in [0.25, 0.3) is 5.57 Å². The fourth-order valence-electron chi connectivity index (χ4n) is 3.91. The lowest BCUT2D eigenvalue weighted by molar-refractivity contribution is -0.186. The van der Waals surface area contributed by atoms with E-state index in [0.717, 1.165) is 56.2 Å². The zero-order valence-electron chi connectivity index (χ0n) is 24.3. The second-order valence-corrected chi connectivity index (χ2v) is 11.6. The molecule has 0 saturated heterocycles. The number of fused-ring (bicyclic) bond motifs is 1. The normalized spacial score (nSPS) is 13.2. The molecule has 0 atom stereocenters. The van der Waals surface area contributed by atoms with Crippen molar-refractivity contribution in [3.8, 4) is 5.75 Å². The number of aliphatic imine (C=N–C) groups is 1. The number of carbonyl (C=O) groups excluding carboxylic acids is 1. The molecule has 0 unspecified atom stereocenters. The fourth-order valence-corrected chi connectivity index (χ4v) is 4.86. The Hall–Kier alpha value is -3.02. The van der Waals surface area contributed by atoms with Gasteiger partial charge in [0.15, 0.2) is 0 Å². The molecule has 228 valence electrons. The first-order chi connectivity index (χ1) is 19.8. The number of hydrogen-bond acceptors (Lipinski definition) is 6. The topological polar surface area (TPSA) is 77.0 Å². The molecule has 0 aromatic heterocycles. The first-order valence-electron chi connectivity index (χ1n) is 13.4. The van der Waals surface area contributed by atoms with Gasteiger partial charge in [0.25, 0.3) is 0 Å². The van der Waals surface area contributed by atoms with Gasteiger partial charge in [0.05, 0.1) is 0 Å². The molecule has 2 aromatic carbocycles. The zero-order chi connectivity index (χ0) is 31.3. The number of allylic oxidation sites excluding steroid dienone is 5. The minimum Gasteiger partial charge on any atom is -0.507 e. The lowest BCUT2D eigenvalue weighted by Gasteiger charge is -2.29. The number of nitrogens with zero attached hydrogens (tertiary/aromatic N) is 2. The number of aromatic hydroxyl groups is 1. The van der Waals surface area contributed by atoms with Crippen LogP contribution in [-0.4, -0.2) is 55.0 Å². The molecule has 42 heavy (non-hydrogen) atoms. The minimum absolute atomic E-state index is 0.0242. The first kappa shape index (κ1) is 35.2. The molecule has 0 aliphatic carbocycles. The van der Waals surface area contributed by atoms with Crippen molar-refractivity contribution in [1.29, 1.82) is 0 Å². The fraction of sp³-hybridized carbons (Fsp3) is 0.355. The van der Waals surface area contributed by atoms with E-state index >= 15 is 0 Å². The molecule has 0 fully saturated rings. The van der Waals surface area contributed by atoms with Crippen molar-refractivity contribution in [2.45, 2.75) is 51.2 Å². The van der Waals surface area contributed by atoms with E-state index in [1.54, 1.807) is 25.4 Å². The molecule has 0 saturated carbocycles. The first-order valence-corrected chi connectivity index (χ1v) is 15.0. The number of phenols is 1. The summed E-state index contributed by atoms with van der Waals surface area (Å²) in [6.07, 6.45) is 0.0977. The summed E-state index contributed by atoms with van der Waals surface area (Å²) in [7, 11) is 1.75. The quantitative estimate of drug-likeness (QED) is 0.107. The van der Waals surface area contributed by atoms with E-state index in [2.05, 4.69) is 37.5 Å². The highest BCUT2D eigenvalue weighted by atomic mass is 79.9. The van der Waals surface area contributed by atoms with Crippen LogP contribution in [0.1, 0.15) is 43.9 Å². The van der Waals surface area contributed by atoms with E-state index in [4.69, 9.17) is 0 Å². The maximum atomic E-state index is 12.7. The van der Waals surface area contributed by atoms with Crippen molar-refractivity contribution in [3.63, 3.8) is 0 Å². The Kier molecular flexibility index (Phi) is 14.4. The summed E-state index contributed by atoms with van der Waals surface area (Å²) in [4.78, 5) is 17.1. The molecule has 0 bridgehead atoms. The molecule has 1 heterocycles. The zero-order valence-corrected chi connectivity index (χ0v) is 26.7. The van der Waals surface area contributed by atoms with Crippen molar-refractivity contribution >= 4 is 45.6 Å². The number of alkyl halides is 3. The number of amides is 1. The van der Waals surface area contributed by atoms with Crippen LogP contribution in [0.5, 0.6) is 5.75 Å². The maximum absolute atomic E-state index is 12.7. The number of phenolic OH excluding ortho intramolecular Hbond substituents is 1. The van der Waals surface area contributed by atoms with Gasteiger partial charge < -0.3 is 15.3 Å². The third-order valence-electron chi connectivity index (χ3n) is 6.13. The van der Waals surface area contributed by atoms with Gasteiger partial charge in [-0.05, 0) is 102 Å². The Labute approximate surface area is 259 Å². The predicted molar refractivity (Wildman–Crippen MR) is 171 cm³/mol. The number of carbonyl (C=O) groups is 1. The van der Waals surface area contributed by atoms with Gasteiger partial charge in [0.1, 0.15) is 5.75 Å². The Morgan fingerprint density at radius 3 is 2.50 bits per heavy atom. The molecule has 2 aromatic rings. The predicted octanol–water partition coefficient (Wildman–Crippen LogP) is 7.41. The van der Waals surface area contributed by atoms with E-state index in [1.165, 1.54) is 17.5 Å². The van der Waals surface area contributed by atoms with Crippen LogP contribution in [0.15, 0.2) is 80.8 Å². The molecule has 0 spiro atoms. The third-order valence-corrected chi connectivity index (χ3v) is 7.97. The Bertz CT molecular complexity index is 1320. The Balaban J connectivity index is 0.000000675. The molecule has 6 nitrogen and oxygen atoms in total. The van der Waals surface area contributed by atoms with E-state index in [-0.39, 0.29) is 18.8 Å². The molecule has 3 N–H and O–H groups in total. The van der Waals surface area contributed by atoms with Gasteiger partial charge in [-0.15, -0.1) is 0 Å². The van der Waals surface area contributed by atoms with Crippen LogP contribution < -0.4 is 10.0 Å². The average Bonchev–Trinajstić information content (AvgIpc) is 2.94. The summed E-state index contributed by atoms with van der Waals surface area (Å²) < 4.78 is 42.5. The number of nitrogens with one attached hydrogen (secondary N) is 2. The number of para-hydroxylation sites is 1. The van der Waals surface area contributed by atoms with Gasteiger partial charge in [-0.2, -0.15) is 13.2 Å². The summed E-state index contributed by atoms with van der Waals surface area (Å²) in [5.74, 6) is -1.59.